The lowest BCUT2D eigenvalue weighted by Gasteiger charge is -2.12. The zero-order valence-corrected chi connectivity index (χ0v) is 24.4. The minimum absolute atomic E-state index is 0.117. The fourth-order valence-corrected chi connectivity index (χ4v) is 4.21. The molecule has 1 aliphatic heterocycles. The van der Waals surface area contributed by atoms with Crippen molar-refractivity contribution in [3.05, 3.63) is 78.4 Å². The Hall–Kier alpha value is -4.95. The normalized spacial score (nSPS) is 11.7. The van der Waals surface area contributed by atoms with Crippen LogP contribution in [0.2, 0.25) is 0 Å². The average molecular weight is 604 g/mol. The molecule has 0 radical (unpaired) electrons. The predicted octanol–water partition coefficient (Wildman–Crippen LogP) is 2.79. The highest BCUT2D eigenvalue weighted by atomic mass is 16.7. The van der Waals surface area contributed by atoms with Gasteiger partial charge in [0.25, 0.3) is 5.91 Å². The second kappa shape index (κ2) is 16.6. The number of benzene rings is 2. The van der Waals surface area contributed by atoms with Crippen LogP contribution in [0.4, 0.5) is 17.8 Å². The topological polar surface area (TPSA) is 159 Å². The van der Waals surface area contributed by atoms with Gasteiger partial charge >= 0.3 is 0 Å². The van der Waals surface area contributed by atoms with E-state index in [9.17, 15) is 4.79 Å². The first-order valence-corrected chi connectivity index (χ1v) is 14.5. The number of hydrogen-bond donors (Lipinski definition) is 4. The molecule has 2 aromatic heterocycles. The van der Waals surface area contributed by atoms with Gasteiger partial charge < -0.3 is 44.8 Å². The molecule has 14 heteroatoms. The molecule has 232 valence electrons. The van der Waals surface area contributed by atoms with Crippen molar-refractivity contribution in [2.75, 3.05) is 68.8 Å². The van der Waals surface area contributed by atoms with Crippen LogP contribution in [-0.2, 0) is 22.6 Å². The first kappa shape index (κ1) is 30.5. The van der Waals surface area contributed by atoms with Gasteiger partial charge in [0.2, 0.25) is 24.6 Å². The molecule has 0 spiro atoms. The van der Waals surface area contributed by atoms with Crippen molar-refractivity contribution in [1.29, 1.82) is 0 Å². The van der Waals surface area contributed by atoms with Crippen LogP contribution in [0.1, 0.15) is 22.3 Å². The number of amides is 1. The standard InChI is InChI=1S/C30H37N9O5/c40-27(24-5-2-1-3-6-24)32-11-15-41-17-18-42-16-12-34-29-36-28(33-9-4-13-39-14-10-31-21-39)37-30(38-29)35-20-23-7-8-25-26(19-23)44-22-43-25/h1-3,5-8,10,14,19,21H,4,9,11-13,15-18,20,22H2,(H,32,40)(H3,33,34,35,36,37,38). The summed E-state index contributed by atoms with van der Waals surface area (Å²) in [5.41, 5.74) is 1.64. The van der Waals surface area contributed by atoms with E-state index in [0.29, 0.717) is 76.0 Å². The number of carbonyl (C=O) groups excluding carboxylic acids is 1. The smallest absolute Gasteiger partial charge is 0.251 e. The Balaban J connectivity index is 1.02. The zero-order chi connectivity index (χ0) is 30.2. The first-order chi connectivity index (χ1) is 21.7. The fraction of sp³-hybridized carbons (Fsp3) is 0.367. The van der Waals surface area contributed by atoms with Crippen molar-refractivity contribution in [3.63, 3.8) is 0 Å². The quantitative estimate of drug-likeness (QED) is 0.116. The van der Waals surface area contributed by atoms with Crippen LogP contribution >= 0.6 is 0 Å². The van der Waals surface area contributed by atoms with Crippen molar-refractivity contribution in [3.8, 4) is 11.5 Å². The van der Waals surface area contributed by atoms with E-state index in [4.69, 9.17) is 18.9 Å². The van der Waals surface area contributed by atoms with Crippen molar-refractivity contribution < 1.29 is 23.7 Å². The van der Waals surface area contributed by atoms with E-state index in [1.807, 2.05) is 47.2 Å². The highest BCUT2D eigenvalue weighted by Gasteiger charge is 2.14. The molecule has 1 aliphatic rings. The van der Waals surface area contributed by atoms with Gasteiger partial charge in [-0.2, -0.15) is 15.0 Å². The maximum atomic E-state index is 12.0. The summed E-state index contributed by atoms with van der Waals surface area (Å²) >= 11 is 0. The van der Waals surface area contributed by atoms with E-state index in [1.165, 1.54) is 0 Å². The highest BCUT2D eigenvalue weighted by Crippen LogP contribution is 2.32. The zero-order valence-electron chi connectivity index (χ0n) is 24.4. The van der Waals surface area contributed by atoms with E-state index < -0.39 is 0 Å². The summed E-state index contributed by atoms with van der Waals surface area (Å²) in [5.74, 6) is 2.68. The molecular formula is C30H37N9O5. The summed E-state index contributed by atoms with van der Waals surface area (Å²) in [6.07, 6.45) is 6.37. The number of aromatic nitrogens is 5. The minimum atomic E-state index is -0.117. The van der Waals surface area contributed by atoms with E-state index >= 15 is 0 Å². The maximum Gasteiger partial charge on any atom is 0.251 e. The van der Waals surface area contributed by atoms with Gasteiger partial charge in [0.05, 0.1) is 32.8 Å². The van der Waals surface area contributed by atoms with Crippen LogP contribution in [0, 0.1) is 0 Å². The maximum absolute atomic E-state index is 12.0. The Bertz CT molecular complexity index is 1440. The van der Waals surface area contributed by atoms with Gasteiger partial charge in [0.1, 0.15) is 0 Å². The lowest BCUT2D eigenvalue weighted by Crippen LogP contribution is -2.27. The summed E-state index contributed by atoms with van der Waals surface area (Å²) in [6, 6.07) is 14.9. The molecule has 5 rings (SSSR count). The Morgan fingerprint density at radius 2 is 1.55 bits per heavy atom. The number of aryl methyl sites for hydroxylation is 1. The number of imidazole rings is 1. The largest absolute Gasteiger partial charge is 0.454 e. The number of hydrogen-bond acceptors (Lipinski definition) is 12. The number of ether oxygens (including phenoxy) is 4. The number of nitrogens with one attached hydrogen (secondary N) is 4. The van der Waals surface area contributed by atoms with E-state index in [1.54, 1.807) is 24.7 Å². The van der Waals surface area contributed by atoms with Gasteiger partial charge in [0.15, 0.2) is 11.5 Å². The number of carbonyl (C=O) groups is 1. The number of anilines is 3. The van der Waals surface area contributed by atoms with Crippen molar-refractivity contribution >= 4 is 23.8 Å². The third kappa shape index (κ3) is 9.81. The molecule has 0 atom stereocenters. The lowest BCUT2D eigenvalue weighted by atomic mass is 10.2. The summed E-state index contributed by atoms with van der Waals surface area (Å²) in [4.78, 5) is 29.7. The summed E-state index contributed by atoms with van der Waals surface area (Å²) in [6.45, 7) is 4.88. The van der Waals surface area contributed by atoms with Gasteiger partial charge in [-0.1, -0.05) is 24.3 Å². The molecular weight excluding hydrogens is 566 g/mol. The molecule has 14 nitrogen and oxygen atoms in total. The third-order valence-corrected chi connectivity index (χ3v) is 6.43. The number of fused-ring (bicyclic) bond motifs is 1. The third-order valence-electron chi connectivity index (χ3n) is 6.43. The summed E-state index contributed by atoms with van der Waals surface area (Å²) in [5, 5.41) is 12.6. The van der Waals surface area contributed by atoms with Gasteiger partial charge in [-0.3, -0.25) is 4.79 Å². The Morgan fingerprint density at radius 1 is 0.818 bits per heavy atom. The molecule has 4 N–H and O–H groups in total. The first-order valence-electron chi connectivity index (χ1n) is 14.5. The van der Waals surface area contributed by atoms with Crippen molar-refractivity contribution in [2.45, 2.75) is 19.5 Å². The van der Waals surface area contributed by atoms with Crippen LogP contribution in [0.25, 0.3) is 0 Å². The molecule has 4 aromatic rings. The van der Waals surface area contributed by atoms with Crippen LogP contribution < -0.4 is 30.7 Å². The SMILES string of the molecule is O=C(NCCOCCOCCNc1nc(NCCCn2ccnc2)nc(NCc2ccc3c(c2)OCO3)n1)c1ccccc1. The van der Waals surface area contributed by atoms with Crippen LogP contribution in [0.3, 0.4) is 0 Å². The average Bonchev–Trinajstić information content (AvgIpc) is 3.75. The van der Waals surface area contributed by atoms with Gasteiger partial charge in [-0.25, -0.2) is 4.98 Å². The monoisotopic (exact) mass is 603 g/mol. The summed E-state index contributed by atoms with van der Waals surface area (Å²) < 4.78 is 24.1. The van der Waals surface area contributed by atoms with Gasteiger partial charge in [0, 0.05) is 50.7 Å². The number of nitrogens with zero attached hydrogens (tertiary/aromatic N) is 5. The van der Waals surface area contributed by atoms with Gasteiger partial charge in [-0.05, 0) is 36.2 Å². The van der Waals surface area contributed by atoms with Crippen LogP contribution in [0.15, 0.2) is 67.3 Å². The molecule has 1 amide bonds. The van der Waals surface area contributed by atoms with E-state index in [2.05, 4.69) is 41.2 Å². The Labute approximate surface area is 255 Å². The molecule has 0 fully saturated rings. The van der Waals surface area contributed by atoms with Crippen molar-refractivity contribution in [1.82, 2.24) is 29.8 Å². The second-order valence-corrected chi connectivity index (χ2v) is 9.70. The molecule has 0 saturated carbocycles. The molecule has 0 aliphatic carbocycles. The van der Waals surface area contributed by atoms with Crippen LogP contribution in [-0.4, -0.2) is 83.3 Å². The predicted molar refractivity (Wildman–Crippen MR) is 164 cm³/mol. The molecule has 3 heterocycles. The molecule has 0 saturated heterocycles. The van der Waals surface area contributed by atoms with E-state index in [0.717, 1.165) is 30.0 Å². The minimum Gasteiger partial charge on any atom is -0.454 e. The molecule has 2 aromatic carbocycles. The Morgan fingerprint density at radius 3 is 2.32 bits per heavy atom. The Kier molecular flexibility index (Phi) is 11.5. The van der Waals surface area contributed by atoms with Gasteiger partial charge in [-0.15, -0.1) is 0 Å². The second-order valence-electron chi connectivity index (χ2n) is 9.70. The van der Waals surface area contributed by atoms with E-state index in [-0.39, 0.29) is 12.7 Å². The molecule has 0 bridgehead atoms. The number of rotatable bonds is 19. The fourth-order valence-electron chi connectivity index (χ4n) is 4.21. The molecule has 44 heavy (non-hydrogen) atoms. The van der Waals surface area contributed by atoms with Crippen LogP contribution in [0.5, 0.6) is 11.5 Å². The van der Waals surface area contributed by atoms with Crippen molar-refractivity contribution in [2.24, 2.45) is 0 Å². The highest BCUT2D eigenvalue weighted by molar-refractivity contribution is 5.94. The summed E-state index contributed by atoms with van der Waals surface area (Å²) in [7, 11) is 0. The molecule has 0 unspecified atom stereocenters. The lowest BCUT2D eigenvalue weighted by molar-refractivity contribution is 0.0519.